The molecule has 0 aromatic carbocycles. The molecule has 1 aromatic heterocycles. The molecule has 0 amide bonds. The zero-order valence-corrected chi connectivity index (χ0v) is 16.8. The van der Waals surface area contributed by atoms with Gasteiger partial charge in [-0.05, 0) is 0 Å². The summed E-state index contributed by atoms with van der Waals surface area (Å²) in [7, 11) is 2.05. The summed E-state index contributed by atoms with van der Waals surface area (Å²) in [5.41, 5.74) is 0. The Morgan fingerprint density at radius 3 is 1.85 bits per heavy atom. The third-order valence-electron chi connectivity index (χ3n) is 4.14. The number of hydrogen-bond acceptors (Lipinski definition) is 1. The molecule has 0 fully saturated rings. The second kappa shape index (κ2) is 9.86. The van der Waals surface area contributed by atoms with Crippen LogP contribution in [0.3, 0.4) is 0 Å². The van der Waals surface area contributed by atoms with Crippen LogP contribution in [0.4, 0.5) is 0 Å². The van der Waals surface area contributed by atoms with Crippen LogP contribution in [0.2, 0.25) is 3.43 Å². The van der Waals surface area contributed by atoms with Gasteiger partial charge in [-0.2, -0.15) is 0 Å². The Labute approximate surface area is 135 Å². The number of aryl methyl sites for hydroxylation is 1. The average Bonchev–Trinajstić information content (AvgIpc) is 2.85. The molecule has 0 bridgehead atoms. The minimum atomic E-state index is -0.553. The van der Waals surface area contributed by atoms with E-state index in [0.29, 0.717) is 3.43 Å². The Morgan fingerprint density at radius 1 is 1.00 bits per heavy atom. The summed E-state index contributed by atoms with van der Waals surface area (Å²) in [4.78, 5) is 0. The molecule has 2 radical (unpaired) electrons. The first-order chi connectivity index (χ1) is 9.65. The Balaban J connectivity index is 2.80. The zero-order chi connectivity index (χ0) is 14.8. The summed E-state index contributed by atoms with van der Waals surface area (Å²) in [6.45, 7) is 7.00. The quantitative estimate of drug-likeness (QED) is 0.516. The Bertz CT molecular complexity index is 338. The molecule has 0 aliphatic rings. The van der Waals surface area contributed by atoms with E-state index in [1.165, 1.54) is 57.8 Å². The predicted octanol–water partition coefficient (Wildman–Crippen LogP) is 4.48. The SMILES string of the molecule is CCCC[C](CCCC)(CCCC)[Sn][c]1cnn(C)c1. The van der Waals surface area contributed by atoms with Gasteiger partial charge >= 0.3 is 136 Å². The van der Waals surface area contributed by atoms with Gasteiger partial charge in [-0.1, -0.05) is 0 Å². The average molecular weight is 383 g/mol. The van der Waals surface area contributed by atoms with E-state index in [9.17, 15) is 0 Å². The Kier molecular flexibility index (Phi) is 8.90. The summed E-state index contributed by atoms with van der Waals surface area (Å²) in [6, 6.07) is 0. The molecule has 1 heterocycles. The van der Waals surface area contributed by atoms with E-state index in [1.54, 1.807) is 3.58 Å². The van der Waals surface area contributed by atoms with Gasteiger partial charge in [0.2, 0.25) is 0 Å². The molecule has 0 N–H and O–H groups in total. The van der Waals surface area contributed by atoms with Crippen LogP contribution in [0.15, 0.2) is 12.4 Å². The molecule has 0 aliphatic carbocycles. The molecular weight excluding hydrogens is 351 g/mol. The topological polar surface area (TPSA) is 17.8 Å². The van der Waals surface area contributed by atoms with E-state index in [2.05, 4.69) is 45.3 Å². The fourth-order valence-corrected chi connectivity index (χ4v) is 8.30. The number of aromatic nitrogens is 2. The summed E-state index contributed by atoms with van der Waals surface area (Å²) >= 11 is -0.553. The molecule has 0 aliphatic heterocycles. The third-order valence-corrected chi connectivity index (χ3v) is 9.36. The van der Waals surface area contributed by atoms with Crippen molar-refractivity contribution in [2.75, 3.05) is 0 Å². The summed E-state index contributed by atoms with van der Waals surface area (Å²) in [5.74, 6) is 0. The monoisotopic (exact) mass is 384 g/mol. The van der Waals surface area contributed by atoms with Gasteiger partial charge in [-0.3, -0.25) is 0 Å². The first-order valence-electron chi connectivity index (χ1n) is 8.42. The Morgan fingerprint density at radius 2 is 1.50 bits per heavy atom. The van der Waals surface area contributed by atoms with E-state index < -0.39 is 21.1 Å². The predicted molar refractivity (Wildman–Crippen MR) is 89.9 cm³/mol. The van der Waals surface area contributed by atoms with Gasteiger partial charge < -0.3 is 0 Å². The normalized spacial score (nSPS) is 12.0. The number of nitrogens with zero attached hydrogens (tertiary/aromatic N) is 2. The van der Waals surface area contributed by atoms with Gasteiger partial charge in [0, 0.05) is 0 Å². The van der Waals surface area contributed by atoms with Crippen LogP contribution in [0.1, 0.15) is 78.6 Å². The van der Waals surface area contributed by atoms with E-state index in [1.807, 2.05) is 4.68 Å². The molecule has 20 heavy (non-hydrogen) atoms. The fraction of sp³-hybridized carbons (Fsp3) is 0.824. The van der Waals surface area contributed by atoms with Crippen molar-refractivity contribution < 1.29 is 0 Å². The maximum atomic E-state index is 4.40. The van der Waals surface area contributed by atoms with Crippen LogP contribution in [0.5, 0.6) is 0 Å². The van der Waals surface area contributed by atoms with Crippen LogP contribution >= 0.6 is 0 Å². The third kappa shape index (κ3) is 6.19. The first-order valence-corrected chi connectivity index (χ1v) is 11.3. The minimum absolute atomic E-state index is 0.553. The van der Waals surface area contributed by atoms with Gasteiger partial charge in [0.1, 0.15) is 0 Å². The molecule has 2 nitrogen and oxygen atoms in total. The second-order valence-electron chi connectivity index (χ2n) is 6.12. The van der Waals surface area contributed by atoms with Crippen molar-refractivity contribution in [3.05, 3.63) is 12.4 Å². The van der Waals surface area contributed by atoms with Crippen molar-refractivity contribution in [3.63, 3.8) is 0 Å². The van der Waals surface area contributed by atoms with E-state index in [-0.39, 0.29) is 0 Å². The molecule has 0 atom stereocenters. The van der Waals surface area contributed by atoms with Crippen molar-refractivity contribution in [1.82, 2.24) is 9.78 Å². The number of hydrogen-bond donors (Lipinski definition) is 0. The standard InChI is InChI=1S/C13H27.C4H5N2.Sn/c1-4-7-10-13(11-8-5-2)12-9-6-3;1-6-4-2-3-5-6;/h4-12H2,1-3H3;3-4H,1H3;. The van der Waals surface area contributed by atoms with Crippen molar-refractivity contribution in [2.24, 2.45) is 7.05 Å². The summed E-state index contributed by atoms with van der Waals surface area (Å²) in [5, 5.41) is 4.40. The van der Waals surface area contributed by atoms with E-state index in [4.69, 9.17) is 0 Å². The van der Waals surface area contributed by atoms with Crippen LogP contribution in [0, 0.1) is 0 Å². The van der Waals surface area contributed by atoms with Gasteiger partial charge in [0.05, 0.1) is 0 Å². The van der Waals surface area contributed by atoms with E-state index >= 15 is 0 Å². The van der Waals surface area contributed by atoms with Crippen LogP contribution < -0.4 is 3.58 Å². The van der Waals surface area contributed by atoms with Gasteiger partial charge in [0.25, 0.3) is 0 Å². The van der Waals surface area contributed by atoms with Gasteiger partial charge in [-0.15, -0.1) is 0 Å². The van der Waals surface area contributed by atoms with Crippen molar-refractivity contribution in [3.8, 4) is 0 Å². The molecule has 0 unspecified atom stereocenters. The molecular formula is C17H32N2Sn. The second-order valence-corrected chi connectivity index (χ2v) is 11.5. The van der Waals surface area contributed by atoms with Crippen LogP contribution in [0.25, 0.3) is 0 Å². The number of unbranched alkanes of at least 4 members (excludes halogenated alkanes) is 3. The van der Waals surface area contributed by atoms with E-state index in [0.717, 1.165) is 0 Å². The van der Waals surface area contributed by atoms with Crippen LogP contribution in [-0.4, -0.2) is 30.9 Å². The van der Waals surface area contributed by atoms with Crippen molar-refractivity contribution >= 4 is 24.7 Å². The Hall–Kier alpha value is 0.00870. The molecule has 0 saturated carbocycles. The molecule has 1 aromatic rings. The fourth-order valence-electron chi connectivity index (χ4n) is 2.90. The number of rotatable bonds is 11. The molecule has 3 heteroatoms. The molecule has 0 saturated heterocycles. The van der Waals surface area contributed by atoms with Crippen LogP contribution in [-0.2, 0) is 7.05 Å². The zero-order valence-electron chi connectivity index (χ0n) is 13.9. The summed E-state index contributed by atoms with van der Waals surface area (Å²) in [6.07, 6.45) is 17.1. The van der Waals surface area contributed by atoms with Crippen molar-refractivity contribution in [1.29, 1.82) is 0 Å². The molecule has 1 rings (SSSR count). The summed E-state index contributed by atoms with van der Waals surface area (Å²) < 4.78 is 4.27. The molecule has 114 valence electrons. The van der Waals surface area contributed by atoms with Gasteiger partial charge in [-0.25, -0.2) is 0 Å². The first kappa shape index (κ1) is 18.1. The van der Waals surface area contributed by atoms with Gasteiger partial charge in [0.15, 0.2) is 0 Å². The maximum absolute atomic E-state index is 4.40. The van der Waals surface area contributed by atoms with Crippen molar-refractivity contribution in [2.45, 2.75) is 82.0 Å². The molecule has 0 spiro atoms.